The van der Waals surface area contributed by atoms with Crippen molar-refractivity contribution in [3.05, 3.63) is 18.2 Å². The molecule has 0 aliphatic heterocycles. The van der Waals surface area contributed by atoms with Crippen LogP contribution in [0.5, 0.6) is 5.75 Å². The lowest BCUT2D eigenvalue weighted by Crippen LogP contribution is -2.02. The zero-order valence-electron chi connectivity index (χ0n) is 7.77. The van der Waals surface area contributed by atoms with Gasteiger partial charge in [0, 0.05) is 0 Å². The number of benzene rings is 1. The molecule has 1 aromatic rings. The molecule has 0 amide bonds. The molecule has 0 spiro atoms. The third-order valence-electron chi connectivity index (χ3n) is 1.86. The third kappa shape index (κ3) is 1.93. The third-order valence-corrected chi connectivity index (χ3v) is 3.59. The first kappa shape index (κ1) is 10.7. The maximum Gasteiger partial charge on any atom is 0.178 e. The lowest BCUT2D eigenvalue weighted by Gasteiger charge is -2.03. The number of rotatable bonds is 3. The Labute approximate surface area is 82.8 Å². The minimum atomic E-state index is -3.25. The molecule has 14 heavy (non-hydrogen) atoms. The number of phenols is 1. The molecule has 0 heterocycles. The van der Waals surface area contributed by atoms with Gasteiger partial charge >= 0.3 is 0 Å². The fourth-order valence-electron chi connectivity index (χ4n) is 0.990. The summed E-state index contributed by atoms with van der Waals surface area (Å²) in [6, 6.07) is 3.95. The van der Waals surface area contributed by atoms with Crippen LogP contribution in [0, 0.1) is 0 Å². The zero-order valence-corrected chi connectivity index (χ0v) is 8.58. The van der Waals surface area contributed by atoms with E-state index in [2.05, 4.69) is 11.7 Å². The van der Waals surface area contributed by atoms with E-state index >= 15 is 0 Å². The zero-order chi connectivity index (χ0) is 10.8. The minimum Gasteiger partial charge on any atom is -0.506 e. The second kappa shape index (κ2) is 3.79. The fourth-order valence-corrected chi connectivity index (χ4v) is 1.89. The van der Waals surface area contributed by atoms with Crippen LogP contribution in [0.25, 0.3) is 0 Å². The maximum absolute atomic E-state index is 11.4. The second-order valence-corrected chi connectivity index (χ2v) is 4.99. The van der Waals surface area contributed by atoms with Crippen LogP contribution >= 0.6 is 0 Å². The Balaban J connectivity index is 3.33. The molecule has 5 heteroatoms. The van der Waals surface area contributed by atoms with E-state index in [9.17, 15) is 13.5 Å². The molecule has 0 saturated heterocycles. The van der Waals surface area contributed by atoms with Crippen LogP contribution in [0.1, 0.15) is 6.92 Å². The molecule has 0 radical (unpaired) electrons. The molecule has 1 aromatic carbocycles. The smallest absolute Gasteiger partial charge is 0.178 e. The average Bonchev–Trinajstić information content (AvgIpc) is 2.18. The van der Waals surface area contributed by atoms with E-state index in [1.54, 1.807) is 6.92 Å². The first-order valence-corrected chi connectivity index (χ1v) is 5.69. The molecule has 76 valence electrons. The summed E-state index contributed by atoms with van der Waals surface area (Å²) < 4.78 is 22.9. The molecule has 0 aliphatic rings. The first-order valence-electron chi connectivity index (χ1n) is 4.03. The van der Waals surface area contributed by atoms with Gasteiger partial charge in [-0.3, -0.25) is 4.99 Å². The Morgan fingerprint density at radius 2 is 2.14 bits per heavy atom. The lowest BCUT2D eigenvalue weighted by atomic mass is 10.3. The Morgan fingerprint density at radius 1 is 1.50 bits per heavy atom. The molecule has 4 nitrogen and oxygen atoms in total. The maximum atomic E-state index is 11.4. The van der Waals surface area contributed by atoms with Crippen LogP contribution < -0.4 is 0 Å². The molecule has 0 bridgehead atoms. The van der Waals surface area contributed by atoms with Gasteiger partial charge in [-0.25, -0.2) is 8.42 Å². The predicted molar refractivity (Wildman–Crippen MR) is 55.0 cm³/mol. The topological polar surface area (TPSA) is 66.7 Å². The summed E-state index contributed by atoms with van der Waals surface area (Å²) in [5.74, 6) is -0.0518. The highest BCUT2D eigenvalue weighted by molar-refractivity contribution is 7.91. The number of sulfone groups is 1. The van der Waals surface area contributed by atoms with Crippen LogP contribution in [-0.4, -0.2) is 26.0 Å². The summed E-state index contributed by atoms with van der Waals surface area (Å²) in [4.78, 5) is 3.67. The van der Waals surface area contributed by atoms with Crippen molar-refractivity contribution in [2.75, 3.05) is 5.75 Å². The number of nitrogens with zero attached hydrogens (tertiary/aromatic N) is 1. The summed E-state index contributed by atoms with van der Waals surface area (Å²) in [6.45, 7) is 4.79. The van der Waals surface area contributed by atoms with Crippen LogP contribution in [0.3, 0.4) is 0 Å². The first-order chi connectivity index (χ1) is 6.51. The van der Waals surface area contributed by atoms with Gasteiger partial charge in [0.1, 0.15) is 11.4 Å². The largest absolute Gasteiger partial charge is 0.506 e. The standard InChI is InChI=1S/C9H11NO3S/c1-3-14(12,13)7-4-5-9(11)8(6-7)10-2/h4-6,11H,2-3H2,1H3. The molecular weight excluding hydrogens is 202 g/mol. The normalized spacial score (nSPS) is 11.2. The van der Waals surface area contributed by atoms with Gasteiger partial charge in [-0.05, 0) is 24.9 Å². The van der Waals surface area contributed by atoms with Crippen LogP contribution in [0.15, 0.2) is 28.1 Å². The second-order valence-electron chi connectivity index (χ2n) is 2.71. The average molecular weight is 213 g/mol. The van der Waals surface area contributed by atoms with E-state index in [0.717, 1.165) is 0 Å². The molecule has 1 rings (SSSR count). The van der Waals surface area contributed by atoms with E-state index in [-0.39, 0.29) is 22.1 Å². The number of phenolic OH excluding ortho intramolecular Hbond substituents is 1. The number of aromatic hydroxyl groups is 1. The van der Waals surface area contributed by atoms with Crippen LogP contribution in [0.4, 0.5) is 5.69 Å². The highest BCUT2D eigenvalue weighted by Gasteiger charge is 2.13. The molecule has 0 fully saturated rings. The van der Waals surface area contributed by atoms with Crippen molar-refractivity contribution in [1.82, 2.24) is 0 Å². The molecule has 0 saturated carbocycles. The van der Waals surface area contributed by atoms with Gasteiger partial charge in [0.15, 0.2) is 9.84 Å². The van der Waals surface area contributed by atoms with Crippen molar-refractivity contribution >= 4 is 22.2 Å². The van der Waals surface area contributed by atoms with E-state index in [0.29, 0.717) is 0 Å². The van der Waals surface area contributed by atoms with E-state index < -0.39 is 9.84 Å². The lowest BCUT2D eigenvalue weighted by molar-refractivity contribution is 0.476. The van der Waals surface area contributed by atoms with Gasteiger partial charge in [-0.15, -0.1) is 0 Å². The number of hydrogen-bond donors (Lipinski definition) is 1. The number of aliphatic imine (C=N–C) groups is 1. The van der Waals surface area contributed by atoms with Gasteiger partial charge in [-0.1, -0.05) is 6.92 Å². The Morgan fingerprint density at radius 3 is 2.64 bits per heavy atom. The molecule has 0 unspecified atom stereocenters. The van der Waals surface area contributed by atoms with Crippen molar-refractivity contribution in [3.63, 3.8) is 0 Å². The van der Waals surface area contributed by atoms with Crippen molar-refractivity contribution in [2.24, 2.45) is 4.99 Å². The molecule has 1 N–H and O–H groups in total. The highest BCUT2D eigenvalue weighted by atomic mass is 32.2. The van der Waals surface area contributed by atoms with Gasteiger partial charge < -0.3 is 5.11 Å². The van der Waals surface area contributed by atoms with Crippen LogP contribution in [0.2, 0.25) is 0 Å². The SMILES string of the molecule is C=Nc1cc(S(=O)(=O)CC)ccc1O. The van der Waals surface area contributed by atoms with Crippen molar-refractivity contribution in [1.29, 1.82) is 0 Å². The summed E-state index contributed by atoms with van der Waals surface area (Å²) in [7, 11) is -3.25. The molecular formula is C9H11NO3S. The van der Waals surface area contributed by atoms with Crippen molar-refractivity contribution in [3.8, 4) is 5.75 Å². The molecule has 0 atom stereocenters. The van der Waals surface area contributed by atoms with E-state index in [4.69, 9.17) is 0 Å². The molecule has 0 aromatic heterocycles. The Hall–Kier alpha value is -1.36. The quantitative estimate of drug-likeness (QED) is 0.774. The van der Waals surface area contributed by atoms with Gasteiger partial charge in [0.2, 0.25) is 0 Å². The highest BCUT2D eigenvalue weighted by Crippen LogP contribution is 2.28. The minimum absolute atomic E-state index is 0.0222. The van der Waals surface area contributed by atoms with Gasteiger partial charge in [0.05, 0.1) is 10.6 Å². The van der Waals surface area contributed by atoms with Crippen molar-refractivity contribution in [2.45, 2.75) is 11.8 Å². The summed E-state index contributed by atoms with van der Waals surface area (Å²) in [6.07, 6.45) is 0. The van der Waals surface area contributed by atoms with Gasteiger partial charge in [-0.2, -0.15) is 0 Å². The molecule has 0 aliphatic carbocycles. The Kier molecular flexibility index (Phi) is 2.90. The predicted octanol–water partition coefficient (Wildman–Crippen LogP) is 1.52. The monoisotopic (exact) mass is 213 g/mol. The summed E-state index contributed by atoms with van der Waals surface area (Å²) in [5, 5.41) is 9.24. The van der Waals surface area contributed by atoms with E-state index in [1.165, 1.54) is 18.2 Å². The van der Waals surface area contributed by atoms with Crippen molar-refractivity contribution < 1.29 is 13.5 Å². The van der Waals surface area contributed by atoms with E-state index in [1.807, 2.05) is 0 Å². The Bertz CT molecular complexity index is 451. The fraction of sp³-hybridized carbons (Fsp3) is 0.222. The number of hydrogen-bond acceptors (Lipinski definition) is 4. The van der Waals surface area contributed by atoms with Crippen LogP contribution in [-0.2, 0) is 9.84 Å². The summed E-state index contributed by atoms with van der Waals surface area (Å²) >= 11 is 0. The van der Waals surface area contributed by atoms with Gasteiger partial charge in [0.25, 0.3) is 0 Å². The summed E-state index contributed by atoms with van der Waals surface area (Å²) in [5.41, 5.74) is 0.180.